The van der Waals surface area contributed by atoms with Gasteiger partial charge in [0.1, 0.15) is 24.6 Å². The van der Waals surface area contributed by atoms with E-state index in [1.807, 2.05) is 103 Å². The molecular weight excluding hydrogens is 795 g/mol. The number of carbonyl (C=O) groups excluding carboxylic acids is 3. The van der Waals surface area contributed by atoms with Crippen molar-refractivity contribution in [2.45, 2.75) is 141 Å². The van der Waals surface area contributed by atoms with Crippen LogP contribution in [0.2, 0.25) is 0 Å². The first-order chi connectivity index (χ1) is 29.4. The maximum absolute atomic E-state index is 14.9. The van der Waals surface area contributed by atoms with E-state index < -0.39 is 89.6 Å². The maximum Gasteiger partial charge on any atom is 0.411 e. The Balaban J connectivity index is 1.33. The van der Waals surface area contributed by atoms with Gasteiger partial charge in [-0.2, -0.15) is 0 Å². The Hall–Kier alpha value is -3.92. The van der Waals surface area contributed by atoms with Gasteiger partial charge in [0.15, 0.2) is 11.9 Å². The van der Waals surface area contributed by atoms with Gasteiger partial charge in [-0.1, -0.05) is 87.4 Å². The summed E-state index contributed by atoms with van der Waals surface area (Å²) in [5, 5.41) is 16.5. The van der Waals surface area contributed by atoms with Crippen LogP contribution < -0.4 is 0 Å². The van der Waals surface area contributed by atoms with Gasteiger partial charge >= 0.3 is 12.1 Å². The van der Waals surface area contributed by atoms with Crippen LogP contribution in [0.5, 0.6) is 0 Å². The number of likely N-dealkylation sites (N-methyl/N-ethyl adjacent to an activating group) is 1. The number of aliphatic hydroxyl groups is 1. The summed E-state index contributed by atoms with van der Waals surface area (Å²) >= 11 is 0. The van der Waals surface area contributed by atoms with Gasteiger partial charge in [0.05, 0.1) is 61.3 Å². The Morgan fingerprint density at radius 2 is 1.63 bits per heavy atom. The van der Waals surface area contributed by atoms with E-state index in [-0.39, 0.29) is 50.7 Å². The second-order valence-electron chi connectivity index (χ2n) is 19.1. The van der Waals surface area contributed by atoms with Gasteiger partial charge in [-0.05, 0) is 77.7 Å². The van der Waals surface area contributed by atoms with E-state index in [2.05, 4.69) is 12.1 Å². The van der Waals surface area contributed by atoms with Crippen molar-refractivity contribution in [3.8, 4) is 11.1 Å². The zero-order chi connectivity index (χ0) is 44.7. The average molecular weight is 862 g/mol. The van der Waals surface area contributed by atoms with Crippen molar-refractivity contribution in [2.75, 3.05) is 33.9 Å². The Labute approximate surface area is 366 Å². The Kier molecular flexibility index (Phi) is 13.9. The first kappa shape index (κ1) is 46.1. The molecule has 15 atom stereocenters. The summed E-state index contributed by atoms with van der Waals surface area (Å²) < 4.78 is 39.9. The van der Waals surface area contributed by atoms with Crippen molar-refractivity contribution in [3.63, 3.8) is 0 Å². The highest BCUT2D eigenvalue weighted by atomic mass is 16.7. The summed E-state index contributed by atoms with van der Waals surface area (Å²) in [7, 11) is 3.84. The lowest BCUT2D eigenvalue weighted by Crippen LogP contribution is -2.61. The number of esters is 1. The zero-order valence-corrected chi connectivity index (χ0v) is 38.0. The third-order valence-electron chi connectivity index (χ3n) is 14.3. The number of benzene rings is 2. The standard InChI is InChI=1S/C48H67N3O11/c1-11-38-48(8)42-29(4)39(52)27(2)22-47(7)43(61-45-40(53)37(50(9)10)21-28(3)59-45)30(5)41(31(6)44(54)60-38)56-25-35(26-57-47)36(23-51(42)46(55)62-48)49-58-24-32-17-19-34(20-18-32)33-15-13-12-14-16-33/h12-20,27-31,35,37-38,40-43,45,53H,11,21-26H2,1-10H3/b49-36-/t27-,28-,29+,30+,31-,35?,37+,38-,40-,41+,42+,43-,45+,47?,48?/m1/s1. The minimum absolute atomic E-state index is 0.0479. The summed E-state index contributed by atoms with van der Waals surface area (Å²) in [5.41, 5.74) is 0.953. The predicted octanol–water partition coefficient (Wildman–Crippen LogP) is 6.26. The summed E-state index contributed by atoms with van der Waals surface area (Å²) in [5.74, 6) is -3.95. The van der Waals surface area contributed by atoms with Crippen LogP contribution in [0.3, 0.4) is 0 Å². The summed E-state index contributed by atoms with van der Waals surface area (Å²) in [6.07, 6.45) is -4.31. The van der Waals surface area contributed by atoms with Crippen molar-refractivity contribution in [1.29, 1.82) is 0 Å². The lowest BCUT2D eigenvalue weighted by molar-refractivity contribution is -0.302. The van der Waals surface area contributed by atoms with E-state index >= 15 is 0 Å². The van der Waals surface area contributed by atoms with Crippen LogP contribution >= 0.6 is 0 Å². The smallest absolute Gasteiger partial charge is 0.411 e. The van der Waals surface area contributed by atoms with Crippen molar-refractivity contribution in [2.24, 2.45) is 34.7 Å². The monoisotopic (exact) mass is 861 g/mol. The summed E-state index contributed by atoms with van der Waals surface area (Å²) in [6, 6.07) is 17.1. The third kappa shape index (κ3) is 9.05. The first-order valence-corrected chi connectivity index (χ1v) is 22.4. The molecule has 0 radical (unpaired) electrons. The van der Waals surface area contributed by atoms with E-state index in [0.717, 1.165) is 16.7 Å². The van der Waals surface area contributed by atoms with Gasteiger partial charge in [-0.15, -0.1) is 0 Å². The second-order valence-corrected chi connectivity index (χ2v) is 19.1. The number of hydrogen-bond acceptors (Lipinski definition) is 13. The van der Waals surface area contributed by atoms with Crippen molar-refractivity contribution >= 4 is 23.6 Å². The number of cyclic esters (lactones) is 1. The maximum atomic E-state index is 14.9. The van der Waals surface area contributed by atoms with Crippen LogP contribution in [-0.4, -0.2) is 132 Å². The van der Waals surface area contributed by atoms with E-state index in [1.54, 1.807) is 18.7 Å². The van der Waals surface area contributed by atoms with E-state index in [1.165, 1.54) is 0 Å². The Morgan fingerprint density at radius 1 is 0.935 bits per heavy atom. The second kappa shape index (κ2) is 18.7. The quantitative estimate of drug-likeness (QED) is 0.235. The number of Topliss-reactive ketones (excluding diaryl/α,β-unsaturated/α-hetero) is 1. The van der Waals surface area contributed by atoms with Crippen LogP contribution in [0.25, 0.3) is 11.1 Å². The number of aliphatic hydroxyl groups excluding tert-OH is 1. The molecule has 5 aliphatic rings. The normalized spacial score (nSPS) is 40.0. The molecule has 7 rings (SSSR count). The van der Waals surface area contributed by atoms with Gasteiger partial charge in [0.2, 0.25) is 0 Å². The van der Waals surface area contributed by atoms with Gasteiger partial charge < -0.3 is 43.3 Å². The number of ether oxygens (including phenoxy) is 6. The number of carbonyl (C=O) groups is 3. The highest BCUT2D eigenvalue weighted by Crippen LogP contribution is 2.45. The highest BCUT2D eigenvalue weighted by molar-refractivity contribution is 5.92. The molecule has 62 heavy (non-hydrogen) atoms. The molecule has 14 nitrogen and oxygen atoms in total. The summed E-state index contributed by atoms with van der Waals surface area (Å²) in [6.45, 7) is 15.1. The van der Waals surface area contributed by atoms with Crippen molar-refractivity contribution in [3.05, 3.63) is 60.2 Å². The predicted molar refractivity (Wildman–Crippen MR) is 231 cm³/mol. The molecule has 0 spiro atoms. The number of ketones is 1. The molecule has 1 amide bonds. The topological polar surface area (TPSA) is 155 Å². The fourth-order valence-electron chi connectivity index (χ4n) is 10.8. The van der Waals surface area contributed by atoms with Crippen molar-refractivity contribution < 1.29 is 52.7 Å². The minimum Gasteiger partial charge on any atom is -0.458 e. The van der Waals surface area contributed by atoms with E-state index in [0.29, 0.717) is 18.6 Å². The zero-order valence-electron chi connectivity index (χ0n) is 38.0. The average Bonchev–Trinajstić information content (AvgIpc) is 3.52. The number of hydrogen-bond donors (Lipinski definition) is 1. The molecule has 2 aromatic carbocycles. The van der Waals surface area contributed by atoms with Crippen LogP contribution in [0.4, 0.5) is 4.79 Å². The molecule has 0 aliphatic carbocycles. The minimum atomic E-state index is -1.39. The van der Waals surface area contributed by atoms with Gasteiger partial charge in [0.25, 0.3) is 0 Å². The molecule has 14 heteroatoms. The fraction of sp³-hybridized carbons (Fsp3) is 0.667. The number of nitrogens with zero attached hydrogens (tertiary/aromatic N) is 3. The van der Waals surface area contributed by atoms with Gasteiger partial charge in [0, 0.05) is 29.7 Å². The molecule has 5 fully saturated rings. The number of amides is 1. The van der Waals surface area contributed by atoms with E-state index in [4.69, 9.17) is 38.4 Å². The van der Waals surface area contributed by atoms with Crippen molar-refractivity contribution in [1.82, 2.24) is 9.80 Å². The molecule has 340 valence electrons. The molecule has 2 aromatic rings. The SMILES string of the molecule is CC[C@H]1OC(=O)[C@H](C)[C@H]2OCC3COC(C)(C[C@@H](C)C(=O)[C@H](C)[C@@H]4N(C/C3=N/OCc3ccc(-c5ccccc5)cc3)C(=O)OC41C)[C@H](O[C@@H]1O[C@H](C)C[C@H](N(C)C)[C@H]1O)[C@H]2C. The number of oxime groups is 1. The molecule has 1 N–H and O–H groups in total. The number of fused-ring (bicyclic) bond motifs is 5. The summed E-state index contributed by atoms with van der Waals surface area (Å²) in [4.78, 5) is 53.3. The molecule has 5 heterocycles. The molecule has 5 aliphatic heterocycles. The van der Waals surface area contributed by atoms with E-state index in [9.17, 15) is 19.5 Å². The number of rotatable bonds is 8. The highest BCUT2D eigenvalue weighted by Gasteiger charge is 2.61. The van der Waals surface area contributed by atoms with Crippen LogP contribution in [-0.2, 0) is 49.5 Å². The van der Waals surface area contributed by atoms with Gasteiger partial charge in [-0.25, -0.2) is 4.79 Å². The molecule has 0 saturated carbocycles. The third-order valence-corrected chi connectivity index (χ3v) is 14.3. The Bertz CT molecular complexity index is 1930. The fourth-order valence-corrected chi connectivity index (χ4v) is 10.8. The molecule has 3 unspecified atom stereocenters. The first-order valence-electron chi connectivity index (χ1n) is 22.4. The molecule has 6 bridgehead atoms. The molecular formula is C48H67N3O11. The van der Waals surface area contributed by atoms with Crippen LogP contribution in [0.1, 0.15) is 80.2 Å². The molecule has 0 aromatic heterocycles. The Morgan fingerprint density at radius 3 is 2.31 bits per heavy atom. The van der Waals surface area contributed by atoms with Gasteiger partial charge in [-0.3, -0.25) is 14.5 Å². The van der Waals surface area contributed by atoms with Crippen LogP contribution in [0.15, 0.2) is 59.8 Å². The largest absolute Gasteiger partial charge is 0.458 e. The lowest BCUT2D eigenvalue weighted by Gasteiger charge is -2.48. The van der Waals surface area contributed by atoms with Crippen LogP contribution in [0, 0.1) is 29.6 Å². The lowest BCUT2D eigenvalue weighted by atomic mass is 9.73. The molecule has 5 saturated heterocycles.